The normalized spacial score (nSPS) is 17.8. The number of methoxy groups -OCH3 is 2. The first-order chi connectivity index (χ1) is 15.5. The minimum absolute atomic E-state index is 0.0265. The number of hydrogen-bond acceptors (Lipinski definition) is 5. The molecule has 3 aromatic rings. The molecule has 1 aliphatic rings. The second kappa shape index (κ2) is 8.78. The molecule has 2 aromatic carbocycles. The lowest BCUT2D eigenvalue weighted by atomic mass is 9.94. The average Bonchev–Trinajstić information content (AvgIpc) is 3.35. The third kappa shape index (κ3) is 3.39. The molecule has 7 nitrogen and oxygen atoms in total. The summed E-state index contributed by atoms with van der Waals surface area (Å²) in [6.45, 7) is 2.43. The number of H-pyrrole nitrogens is 1. The van der Waals surface area contributed by atoms with Gasteiger partial charge in [-0.25, -0.2) is 0 Å². The molecule has 2 heterocycles. The van der Waals surface area contributed by atoms with Crippen LogP contribution in [-0.4, -0.2) is 47.4 Å². The molecule has 0 aliphatic carbocycles. The minimum Gasteiger partial charge on any atom is -0.506 e. The number of aliphatic hydroxyl groups is 1. The number of nitrogens with zero attached hydrogens (tertiary/aromatic N) is 1. The minimum atomic E-state index is -0.729. The van der Waals surface area contributed by atoms with E-state index in [1.165, 1.54) is 14.2 Å². The Hall–Kier alpha value is -3.74. The first kappa shape index (κ1) is 21.5. The fourth-order valence-electron chi connectivity index (χ4n) is 4.30. The zero-order valence-electron chi connectivity index (χ0n) is 18.3. The van der Waals surface area contributed by atoms with E-state index in [-0.39, 0.29) is 16.9 Å². The summed E-state index contributed by atoms with van der Waals surface area (Å²) in [5.74, 6) is -0.962. The van der Waals surface area contributed by atoms with Crippen LogP contribution in [0.1, 0.15) is 36.9 Å². The van der Waals surface area contributed by atoms with E-state index in [1.54, 1.807) is 29.3 Å². The Labute approximate surface area is 186 Å². The number of aromatic nitrogens is 1. The quantitative estimate of drug-likeness (QED) is 0.327. The molecule has 0 saturated carbocycles. The van der Waals surface area contributed by atoms with Crippen LogP contribution in [-0.2, 0) is 9.59 Å². The van der Waals surface area contributed by atoms with Crippen molar-refractivity contribution in [2.75, 3.05) is 20.8 Å². The molecule has 0 radical (unpaired) electrons. The van der Waals surface area contributed by atoms with Crippen molar-refractivity contribution in [1.82, 2.24) is 9.88 Å². The molecule has 32 heavy (non-hydrogen) atoms. The molecule has 0 bridgehead atoms. The number of rotatable bonds is 7. The Morgan fingerprint density at radius 2 is 1.75 bits per heavy atom. The monoisotopic (exact) mass is 434 g/mol. The second-order valence-electron chi connectivity index (χ2n) is 7.67. The Balaban J connectivity index is 1.99. The highest BCUT2D eigenvalue weighted by Crippen LogP contribution is 2.44. The van der Waals surface area contributed by atoms with E-state index in [2.05, 4.69) is 4.98 Å². The van der Waals surface area contributed by atoms with E-state index >= 15 is 0 Å². The summed E-state index contributed by atoms with van der Waals surface area (Å²) in [6, 6.07) is 12.0. The SMILES string of the molecule is CCCCN1C(=O)C(=O)/C(=C(/O)c2c(OC)cccc2OC)C1c1c[nH]c2ccccc12. The topological polar surface area (TPSA) is 91.9 Å². The number of hydrogen-bond donors (Lipinski definition) is 2. The third-order valence-electron chi connectivity index (χ3n) is 5.87. The first-order valence-electron chi connectivity index (χ1n) is 10.6. The lowest BCUT2D eigenvalue weighted by Crippen LogP contribution is -2.30. The van der Waals surface area contributed by atoms with Gasteiger partial charge >= 0.3 is 0 Å². The summed E-state index contributed by atoms with van der Waals surface area (Å²) in [7, 11) is 2.95. The average molecular weight is 434 g/mol. The highest BCUT2D eigenvalue weighted by molar-refractivity contribution is 6.46. The zero-order valence-corrected chi connectivity index (χ0v) is 18.3. The summed E-state index contributed by atoms with van der Waals surface area (Å²) in [5.41, 5.74) is 1.92. The van der Waals surface area contributed by atoms with E-state index in [9.17, 15) is 14.7 Å². The van der Waals surface area contributed by atoms with Gasteiger partial charge in [0.2, 0.25) is 0 Å². The van der Waals surface area contributed by atoms with Crippen molar-refractivity contribution in [1.29, 1.82) is 0 Å². The number of ketones is 1. The van der Waals surface area contributed by atoms with Gasteiger partial charge < -0.3 is 24.5 Å². The molecular weight excluding hydrogens is 408 g/mol. The van der Waals surface area contributed by atoms with Gasteiger partial charge in [-0.1, -0.05) is 37.6 Å². The van der Waals surface area contributed by atoms with E-state index in [1.807, 2.05) is 31.2 Å². The van der Waals surface area contributed by atoms with Crippen molar-refractivity contribution in [3.63, 3.8) is 0 Å². The van der Waals surface area contributed by atoms with Gasteiger partial charge in [-0.15, -0.1) is 0 Å². The molecule has 1 saturated heterocycles. The van der Waals surface area contributed by atoms with E-state index in [0.717, 1.165) is 29.3 Å². The fraction of sp³-hybridized carbons (Fsp3) is 0.280. The van der Waals surface area contributed by atoms with Crippen molar-refractivity contribution in [2.45, 2.75) is 25.8 Å². The van der Waals surface area contributed by atoms with Gasteiger partial charge in [-0.3, -0.25) is 9.59 Å². The molecule has 4 rings (SSSR count). The van der Waals surface area contributed by atoms with Crippen molar-refractivity contribution in [3.05, 3.63) is 65.4 Å². The Bertz CT molecular complexity index is 1190. The Morgan fingerprint density at radius 3 is 2.41 bits per heavy atom. The number of Topliss-reactive ketones (excluding diaryl/α,β-unsaturated/α-hetero) is 1. The summed E-state index contributed by atoms with van der Waals surface area (Å²) >= 11 is 0. The number of carbonyl (C=O) groups is 2. The van der Waals surface area contributed by atoms with Crippen molar-refractivity contribution in [3.8, 4) is 11.5 Å². The third-order valence-corrected chi connectivity index (χ3v) is 5.87. The molecule has 7 heteroatoms. The number of unbranched alkanes of at least 4 members (excludes halogenated alkanes) is 1. The highest BCUT2D eigenvalue weighted by atomic mass is 16.5. The number of carbonyl (C=O) groups excluding carboxylic acids is 2. The van der Waals surface area contributed by atoms with E-state index in [4.69, 9.17) is 9.47 Å². The van der Waals surface area contributed by atoms with Crippen LogP contribution < -0.4 is 9.47 Å². The number of aromatic amines is 1. The summed E-state index contributed by atoms with van der Waals surface area (Å²) < 4.78 is 10.9. The van der Waals surface area contributed by atoms with Crippen LogP contribution in [0.5, 0.6) is 11.5 Å². The Kier molecular flexibility index (Phi) is 5.90. The number of nitrogens with one attached hydrogen (secondary N) is 1. The largest absolute Gasteiger partial charge is 0.506 e. The van der Waals surface area contributed by atoms with Gasteiger partial charge in [0.15, 0.2) is 0 Å². The van der Waals surface area contributed by atoms with Crippen LogP contribution in [0.4, 0.5) is 0 Å². The van der Waals surface area contributed by atoms with Crippen LogP contribution in [0.2, 0.25) is 0 Å². The molecule has 1 atom stereocenters. The summed E-state index contributed by atoms with van der Waals surface area (Å²) in [5, 5.41) is 12.3. The number of para-hydroxylation sites is 1. The molecule has 166 valence electrons. The van der Waals surface area contributed by atoms with Crippen LogP contribution in [0, 0.1) is 0 Å². The van der Waals surface area contributed by atoms with Gasteiger partial charge in [0.1, 0.15) is 22.8 Å². The van der Waals surface area contributed by atoms with Crippen molar-refractivity contribution >= 4 is 28.4 Å². The molecular formula is C25H26N2O5. The van der Waals surface area contributed by atoms with Gasteiger partial charge in [0, 0.05) is 29.2 Å². The van der Waals surface area contributed by atoms with Gasteiger partial charge in [-0.05, 0) is 24.6 Å². The molecule has 1 unspecified atom stereocenters. The number of fused-ring (bicyclic) bond motifs is 1. The fourth-order valence-corrected chi connectivity index (χ4v) is 4.30. The maximum atomic E-state index is 13.2. The van der Waals surface area contributed by atoms with Crippen LogP contribution in [0.15, 0.2) is 54.2 Å². The number of ether oxygens (including phenoxy) is 2. The number of aliphatic hydroxyl groups excluding tert-OH is 1. The maximum absolute atomic E-state index is 13.2. The highest BCUT2D eigenvalue weighted by Gasteiger charge is 2.47. The molecule has 1 aromatic heterocycles. The van der Waals surface area contributed by atoms with Crippen LogP contribution >= 0.6 is 0 Å². The number of amides is 1. The van der Waals surface area contributed by atoms with Crippen molar-refractivity contribution in [2.24, 2.45) is 0 Å². The molecule has 2 N–H and O–H groups in total. The predicted octanol–water partition coefficient (Wildman–Crippen LogP) is 4.41. The first-order valence-corrected chi connectivity index (χ1v) is 10.6. The zero-order chi connectivity index (χ0) is 22.8. The second-order valence-corrected chi connectivity index (χ2v) is 7.67. The predicted molar refractivity (Wildman–Crippen MR) is 122 cm³/mol. The van der Waals surface area contributed by atoms with Crippen LogP contribution in [0.3, 0.4) is 0 Å². The molecule has 1 aliphatic heterocycles. The molecule has 0 spiro atoms. The van der Waals surface area contributed by atoms with Gasteiger partial charge in [0.05, 0.1) is 25.8 Å². The van der Waals surface area contributed by atoms with Crippen LogP contribution in [0.25, 0.3) is 16.7 Å². The smallest absolute Gasteiger partial charge is 0.295 e. The maximum Gasteiger partial charge on any atom is 0.295 e. The lowest BCUT2D eigenvalue weighted by Gasteiger charge is -2.25. The van der Waals surface area contributed by atoms with E-state index in [0.29, 0.717) is 18.0 Å². The summed E-state index contributed by atoms with van der Waals surface area (Å²) in [6.07, 6.45) is 3.40. The molecule has 1 amide bonds. The van der Waals surface area contributed by atoms with Gasteiger partial charge in [-0.2, -0.15) is 0 Å². The molecule has 1 fully saturated rings. The standard InChI is InChI=1S/C25H26N2O5/c1-4-5-13-27-22(16-14-26-17-10-7-6-9-15(16)17)21(24(29)25(27)30)23(28)20-18(31-2)11-8-12-19(20)32-3/h6-12,14,22,26,28H,4-5,13H2,1-3H3/b23-21+. The number of benzene rings is 2. The van der Waals surface area contributed by atoms with E-state index < -0.39 is 17.7 Å². The van der Waals surface area contributed by atoms with Crippen molar-refractivity contribution < 1.29 is 24.2 Å². The number of likely N-dealkylation sites (tertiary alicyclic amines) is 1. The summed E-state index contributed by atoms with van der Waals surface area (Å²) in [4.78, 5) is 31.1. The van der Waals surface area contributed by atoms with Gasteiger partial charge in [0.25, 0.3) is 11.7 Å². The Morgan fingerprint density at radius 1 is 1.06 bits per heavy atom. The lowest BCUT2D eigenvalue weighted by molar-refractivity contribution is -0.139.